The van der Waals surface area contributed by atoms with Crippen molar-refractivity contribution < 1.29 is 14.4 Å². The molecule has 6 rings (SSSR count). The Hall–Kier alpha value is -1.10. The van der Waals surface area contributed by atoms with E-state index in [9.17, 15) is 4.79 Å². The van der Waals surface area contributed by atoms with Crippen LogP contribution in [0.4, 0.5) is 0 Å². The van der Waals surface area contributed by atoms with E-state index in [2.05, 4.69) is 17.0 Å². The van der Waals surface area contributed by atoms with Gasteiger partial charge in [0.25, 0.3) is 5.91 Å². The summed E-state index contributed by atoms with van der Waals surface area (Å²) in [5, 5.41) is 0.759. The first kappa shape index (κ1) is 18.9. The second-order valence-corrected chi connectivity index (χ2v) is 10.2. The van der Waals surface area contributed by atoms with Crippen molar-refractivity contribution >= 4 is 17.5 Å². The van der Waals surface area contributed by atoms with Gasteiger partial charge in [-0.2, -0.15) is 0 Å². The van der Waals surface area contributed by atoms with Crippen LogP contribution in [0.5, 0.6) is 0 Å². The highest BCUT2D eigenvalue weighted by Gasteiger charge is 2.54. The van der Waals surface area contributed by atoms with Crippen LogP contribution < -0.4 is 4.90 Å². The van der Waals surface area contributed by atoms with Crippen LogP contribution in [0, 0.1) is 17.8 Å². The number of benzene rings is 1. The number of carbonyl (C=O) groups is 1. The number of ether oxygens (including phenoxy) is 1. The van der Waals surface area contributed by atoms with Crippen LogP contribution in [0.1, 0.15) is 44.1 Å². The molecule has 152 valence electrons. The molecule has 5 fully saturated rings. The van der Waals surface area contributed by atoms with Crippen molar-refractivity contribution in [2.45, 2.75) is 50.6 Å². The standard InChI is InChI=1S/C23H31ClN2O2/c24-21-3-1-17(2-4-21)15-26(22(27)16-25-5-7-28-8-6-25)23-12-18-9-19(13-23)11-20(10-18)14-23/h1-4,18-20H,5-16H2/p+1. The van der Waals surface area contributed by atoms with Gasteiger partial charge in [0.15, 0.2) is 6.54 Å². The Morgan fingerprint density at radius 3 is 2.18 bits per heavy atom. The third kappa shape index (κ3) is 3.71. The molecule has 0 spiro atoms. The molecule has 5 aliphatic rings. The molecule has 5 heteroatoms. The summed E-state index contributed by atoms with van der Waals surface area (Å²) in [6.07, 6.45) is 7.86. The Kier molecular flexibility index (Phi) is 5.14. The van der Waals surface area contributed by atoms with Gasteiger partial charge in [0, 0.05) is 17.1 Å². The molecule has 4 aliphatic carbocycles. The fraction of sp³-hybridized carbons (Fsp3) is 0.696. The second kappa shape index (κ2) is 7.62. The lowest BCUT2D eigenvalue weighted by atomic mass is 9.52. The molecule has 0 radical (unpaired) electrons. The van der Waals surface area contributed by atoms with Gasteiger partial charge in [-0.3, -0.25) is 4.79 Å². The van der Waals surface area contributed by atoms with Crippen molar-refractivity contribution in [3.8, 4) is 0 Å². The Labute approximate surface area is 173 Å². The van der Waals surface area contributed by atoms with Crippen molar-refractivity contribution in [2.24, 2.45) is 17.8 Å². The third-order valence-corrected chi connectivity index (χ3v) is 7.99. The van der Waals surface area contributed by atoms with Crippen LogP contribution in [0.25, 0.3) is 0 Å². The average Bonchev–Trinajstić information content (AvgIpc) is 2.67. The van der Waals surface area contributed by atoms with E-state index in [1.165, 1.54) is 49.0 Å². The summed E-state index contributed by atoms with van der Waals surface area (Å²) in [5.41, 5.74) is 1.29. The Balaban J connectivity index is 1.40. The lowest BCUT2D eigenvalue weighted by molar-refractivity contribution is -0.900. The van der Waals surface area contributed by atoms with Crippen LogP contribution >= 0.6 is 11.6 Å². The van der Waals surface area contributed by atoms with E-state index in [-0.39, 0.29) is 5.54 Å². The molecule has 1 heterocycles. The Morgan fingerprint density at radius 1 is 1.04 bits per heavy atom. The third-order valence-electron chi connectivity index (χ3n) is 7.73. The molecule has 1 amide bonds. The molecule has 28 heavy (non-hydrogen) atoms. The Bertz CT molecular complexity index is 679. The number of hydrogen-bond acceptors (Lipinski definition) is 2. The molecule has 1 aromatic rings. The van der Waals surface area contributed by atoms with Crippen molar-refractivity contribution in [2.75, 3.05) is 32.8 Å². The predicted molar refractivity (Wildman–Crippen MR) is 109 cm³/mol. The number of halogens is 1. The second-order valence-electron chi connectivity index (χ2n) is 9.79. The fourth-order valence-corrected chi connectivity index (χ4v) is 6.96. The van der Waals surface area contributed by atoms with Gasteiger partial charge in [0.05, 0.1) is 13.2 Å². The van der Waals surface area contributed by atoms with Crippen LogP contribution in [0.3, 0.4) is 0 Å². The molecule has 1 aromatic carbocycles. The van der Waals surface area contributed by atoms with E-state index in [1.54, 1.807) is 0 Å². The van der Waals surface area contributed by atoms with Crippen LogP contribution in [-0.2, 0) is 16.1 Å². The first-order chi connectivity index (χ1) is 13.6. The minimum Gasteiger partial charge on any atom is -0.370 e. The number of nitrogens with one attached hydrogen (secondary N) is 1. The summed E-state index contributed by atoms with van der Waals surface area (Å²) in [6.45, 7) is 4.78. The molecule has 1 aliphatic heterocycles. The highest BCUT2D eigenvalue weighted by molar-refractivity contribution is 6.30. The number of morpholine rings is 1. The molecule has 4 bridgehead atoms. The van der Waals surface area contributed by atoms with Gasteiger partial charge in [-0.1, -0.05) is 23.7 Å². The van der Waals surface area contributed by atoms with Gasteiger partial charge < -0.3 is 14.5 Å². The van der Waals surface area contributed by atoms with E-state index in [4.69, 9.17) is 16.3 Å². The first-order valence-electron chi connectivity index (χ1n) is 11.1. The predicted octanol–water partition coefficient (Wildman–Crippen LogP) is 2.55. The molecular weight excluding hydrogens is 372 g/mol. The maximum absolute atomic E-state index is 13.6. The molecular formula is C23H32ClN2O2+. The molecule has 4 nitrogen and oxygen atoms in total. The summed E-state index contributed by atoms with van der Waals surface area (Å²) < 4.78 is 5.49. The summed E-state index contributed by atoms with van der Waals surface area (Å²) in [7, 11) is 0. The average molecular weight is 404 g/mol. The number of quaternary nitrogens is 1. The van der Waals surface area contributed by atoms with E-state index in [0.29, 0.717) is 12.5 Å². The van der Waals surface area contributed by atoms with Gasteiger partial charge in [0.2, 0.25) is 0 Å². The van der Waals surface area contributed by atoms with E-state index in [1.807, 2.05) is 12.1 Å². The summed E-state index contributed by atoms with van der Waals surface area (Å²) >= 11 is 6.10. The van der Waals surface area contributed by atoms with Gasteiger partial charge in [0.1, 0.15) is 13.1 Å². The Morgan fingerprint density at radius 2 is 1.61 bits per heavy atom. The van der Waals surface area contributed by atoms with Crippen LogP contribution in [-0.4, -0.2) is 49.2 Å². The highest BCUT2D eigenvalue weighted by atomic mass is 35.5. The van der Waals surface area contributed by atoms with Crippen molar-refractivity contribution in [1.82, 2.24) is 4.90 Å². The lowest BCUT2D eigenvalue weighted by Gasteiger charge is -2.60. The van der Waals surface area contributed by atoms with Crippen LogP contribution in [0.15, 0.2) is 24.3 Å². The molecule has 0 unspecified atom stereocenters. The van der Waals surface area contributed by atoms with Gasteiger partial charge >= 0.3 is 0 Å². The zero-order valence-corrected chi connectivity index (χ0v) is 17.4. The number of rotatable bonds is 5. The molecule has 4 saturated carbocycles. The molecule has 0 atom stereocenters. The molecule has 1 N–H and O–H groups in total. The minimum absolute atomic E-state index is 0.0944. The monoisotopic (exact) mass is 403 g/mol. The maximum atomic E-state index is 13.6. The highest BCUT2D eigenvalue weighted by Crippen LogP contribution is 2.58. The van der Waals surface area contributed by atoms with E-state index in [0.717, 1.165) is 55.6 Å². The summed E-state index contributed by atoms with van der Waals surface area (Å²) in [6, 6.07) is 8.08. The molecule has 0 aromatic heterocycles. The summed E-state index contributed by atoms with van der Waals surface area (Å²) in [5.74, 6) is 2.85. The number of amides is 1. The van der Waals surface area contributed by atoms with Crippen molar-refractivity contribution in [1.29, 1.82) is 0 Å². The summed E-state index contributed by atoms with van der Waals surface area (Å²) in [4.78, 5) is 17.3. The zero-order chi connectivity index (χ0) is 19.1. The molecule has 1 saturated heterocycles. The number of carbonyl (C=O) groups excluding carboxylic acids is 1. The van der Waals surface area contributed by atoms with Gasteiger partial charge in [-0.05, 0) is 74.0 Å². The smallest absolute Gasteiger partial charge is 0.278 e. The SMILES string of the molecule is O=C(C[NH+]1CCOCC1)N(Cc1ccc(Cl)cc1)C12CC3CC(CC(C3)C1)C2. The van der Waals surface area contributed by atoms with E-state index >= 15 is 0 Å². The first-order valence-corrected chi connectivity index (χ1v) is 11.4. The van der Waals surface area contributed by atoms with Gasteiger partial charge in [-0.15, -0.1) is 0 Å². The van der Waals surface area contributed by atoms with Crippen LogP contribution in [0.2, 0.25) is 5.02 Å². The maximum Gasteiger partial charge on any atom is 0.278 e. The van der Waals surface area contributed by atoms with Gasteiger partial charge in [-0.25, -0.2) is 0 Å². The fourth-order valence-electron chi connectivity index (χ4n) is 6.83. The van der Waals surface area contributed by atoms with Crippen molar-refractivity contribution in [3.63, 3.8) is 0 Å². The lowest BCUT2D eigenvalue weighted by Crippen LogP contribution is -3.15. The number of hydrogen-bond donors (Lipinski definition) is 1. The van der Waals surface area contributed by atoms with E-state index < -0.39 is 0 Å². The largest absolute Gasteiger partial charge is 0.370 e. The minimum atomic E-state index is 0.0944. The topological polar surface area (TPSA) is 34.0 Å². The normalized spacial score (nSPS) is 34.5. The quantitative estimate of drug-likeness (QED) is 0.819. The number of nitrogens with zero attached hydrogens (tertiary/aromatic N) is 1. The zero-order valence-electron chi connectivity index (χ0n) is 16.7. The van der Waals surface area contributed by atoms with Crippen molar-refractivity contribution in [3.05, 3.63) is 34.9 Å².